The zero-order chi connectivity index (χ0) is 16.7. The molecule has 0 aliphatic rings. The lowest BCUT2D eigenvalue weighted by Gasteiger charge is -2.17. The lowest BCUT2D eigenvalue weighted by molar-refractivity contribution is 0.0788. The maximum absolute atomic E-state index is 12.9. The molecule has 23 heavy (non-hydrogen) atoms. The van der Waals surface area contributed by atoms with E-state index in [4.69, 9.17) is 0 Å². The number of carbonyl (C=O) groups is 1. The summed E-state index contributed by atoms with van der Waals surface area (Å²) < 4.78 is 2.80. The summed E-state index contributed by atoms with van der Waals surface area (Å²) in [6, 6.07) is 5.87. The quantitative estimate of drug-likeness (QED) is 0.682. The molecule has 3 heterocycles. The van der Waals surface area contributed by atoms with Gasteiger partial charge in [0.05, 0.1) is 27.0 Å². The maximum Gasteiger partial charge on any atom is 0.254 e. The summed E-state index contributed by atoms with van der Waals surface area (Å²) in [7, 11) is 3.67. The van der Waals surface area contributed by atoms with Gasteiger partial charge in [-0.15, -0.1) is 11.3 Å². The number of fused-ring (bicyclic) bond motifs is 1. The van der Waals surface area contributed by atoms with Crippen LogP contribution in [0.1, 0.15) is 26.6 Å². The third-order valence-electron chi connectivity index (χ3n) is 3.70. The van der Waals surface area contributed by atoms with Gasteiger partial charge in [0, 0.05) is 24.7 Å². The molecule has 3 rings (SSSR count). The van der Waals surface area contributed by atoms with Crippen molar-refractivity contribution >= 4 is 44.2 Å². The zero-order valence-corrected chi connectivity index (χ0v) is 15.8. The van der Waals surface area contributed by atoms with Crippen LogP contribution < -0.4 is 0 Å². The number of halogens is 1. The number of thiophene rings is 1. The number of aromatic nitrogens is 3. The van der Waals surface area contributed by atoms with Gasteiger partial charge in [0.2, 0.25) is 0 Å². The fraction of sp³-hybridized carbons (Fsp3) is 0.312. The Hall–Kier alpha value is -1.73. The van der Waals surface area contributed by atoms with Crippen LogP contribution in [0.4, 0.5) is 0 Å². The van der Waals surface area contributed by atoms with Crippen LogP contribution in [0.15, 0.2) is 22.0 Å². The Morgan fingerprint density at radius 1 is 1.39 bits per heavy atom. The van der Waals surface area contributed by atoms with Gasteiger partial charge in [-0.05, 0) is 48.0 Å². The maximum atomic E-state index is 12.9. The minimum atomic E-state index is -0.0128. The monoisotopic (exact) mass is 392 g/mol. The summed E-state index contributed by atoms with van der Waals surface area (Å²) in [4.78, 5) is 20.3. The molecule has 7 heteroatoms. The zero-order valence-electron chi connectivity index (χ0n) is 13.4. The molecule has 0 aromatic carbocycles. The molecule has 0 atom stereocenters. The van der Waals surface area contributed by atoms with Gasteiger partial charge < -0.3 is 4.90 Å². The van der Waals surface area contributed by atoms with Crippen LogP contribution in [0.2, 0.25) is 0 Å². The molecular weight excluding hydrogens is 376 g/mol. The second-order valence-corrected chi connectivity index (χ2v) is 8.13. The molecule has 0 saturated carbocycles. The molecule has 0 fully saturated rings. The highest BCUT2D eigenvalue weighted by Gasteiger charge is 2.20. The minimum absolute atomic E-state index is 0.0128. The first-order valence-electron chi connectivity index (χ1n) is 7.17. The molecule has 1 amide bonds. The highest BCUT2D eigenvalue weighted by Crippen LogP contribution is 2.25. The molecule has 0 spiro atoms. The first-order chi connectivity index (χ1) is 10.9. The summed E-state index contributed by atoms with van der Waals surface area (Å²) in [5.41, 5.74) is 3.05. The van der Waals surface area contributed by atoms with Gasteiger partial charge >= 0.3 is 0 Å². The van der Waals surface area contributed by atoms with Crippen molar-refractivity contribution in [1.82, 2.24) is 19.7 Å². The number of pyridine rings is 1. The van der Waals surface area contributed by atoms with Gasteiger partial charge in [0.15, 0.2) is 5.65 Å². The number of aryl methyl sites for hydroxylation is 3. The first-order valence-corrected chi connectivity index (χ1v) is 8.78. The number of nitrogens with zero attached hydrogens (tertiary/aromatic N) is 4. The van der Waals surface area contributed by atoms with Crippen molar-refractivity contribution in [2.24, 2.45) is 7.05 Å². The van der Waals surface area contributed by atoms with Gasteiger partial charge in [-0.2, -0.15) is 5.10 Å². The lowest BCUT2D eigenvalue weighted by Crippen LogP contribution is -2.26. The number of carbonyl (C=O) groups excluding carboxylic acids is 1. The minimum Gasteiger partial charge on any atom is -0.337 e. The van der Waals surface area contributed by atoms with E-state index in [1.807, 2.05) is 46.1 Å². The molecule has 3 aromatic rings. The molecule has 0 aliphatic carbocycles. The summed E-state index contributed by atoms with van der Waals surface area (Å²) >= 11 is 5.09. The standard InChI is InChI=1S/C16H17BrN4OS/c1-9-7-12(14-10(2)19-21(4)15(14)18-9)16(22)20(3)8-11-5-6-13(17)23-11/h5-7H,8H2,1-4H3. The van der Waals surface area contributed by atoms with E-state index in [2.05, 4.69) is 26.0 Å². The Balaban J connectivity index is 2.00. The SMILES string of the molecule is Cc1cc(C(=O)N(C)Cc2ccc(Br)s2)c2c(C)nn(C)c2n1. The summed E-state index contributed by atoms with van der Waals surface area (Å²) in [5, 5.41) is 5.24. The normalized spacial score (nSPS) is 11.2. The van der Waals surface area contributed by atoms with Crippen molar-refractivity contribution in [3.63, 3.8) is 0 Å². The number of amides is 1. The highest BCUT2D eigenvalue weighted by atomic mass is 79.9. The van der Waals surface area contributed by atoms with Crippen molar-refractivity contribution in [2.75, 3.05) is 7.05 Å². The Bertz CT molecular complexity index is 899. The Morgan fingerprint density at radius 3 is 2.78 bits per heavy atom. The molecule has 0 bridgehead atoms. The molecule has 0 radical (unpaired) electrons. The molecule has 0 saturated heterocycles. The van der Waals surface area contributed by atoms with E-state index in [9.17, 15) is 4.79 Å². The van der Waals surface area contributed by atoms with Crippen LogP contribution in [0.3, 0.4) is 0 Å². The van der Waals surface area contributed by atoms with Crippen molar-refractivity contribution < 1.29 is 4.79 Å². The summed E-state index contributed by atoms with van der Waals surface area (Å²) in [5.74, 6) is -0.0128. The second-order valence-electron chi connectivity index (χ2n) is 5.59. The predicted molar refractivity (Wildman–Crippen MR) is 95.8 cm³/mol. The van der Waals surface area contributed by atoms with E-state index in [0.717, 1.165) is 31.1 Å². The molecule has 120 valence electrons. The smallest absolute Gasteiger partial charge is 0.254 e. The molecular formula is C16H17BrN4OS. The van der Waals surface area contributed by atoms with Crippen molar-refractivity contribution in [2.45, 2.75) is 20.4 Å². The number of hydrogen-bond acceptors (Lipinski definition) is 4. The van der Waals surface area contributed by atoms with E-state index >= 15 is 0 Å². The van der Waals surface area contributed by atoms with Crippen LogP contribution in [-0.2, 0) is 13.6 Å². The molecule has 3 aromatic heterocycles. The fourth-order valence-electron chi connectivity index (χ4n) is 2.69. The Morgan fingerprint density at radius 2 is 2.13 bits per heavy atom. The Kier molecular flexibility index (Phi) is 4.25. The average molecular weight is 393 g/mol. The third kappa shape index (κ3) is 3.03. The highest BCUT2D eigenvalue weighted by molar-refractivity contribution is 9.11. The largest absolute Gasteiger partial charge is 0.337 e. The van der Waals surface area contributed by atoms with Gasteiger partial charge in [-0.3, -0.25) is 9.48 Å². The molecule has 0 unspecified atom stereocenters. The van der Waals surface area contributed by atoms with E-state index in [-0.39, 0.29) is 5.91 Å². The number of hydrogen-bond donors (Lipinski definition) is 0. The van der Waals surface area contributed by atoms with E-state index in [0.29, 0.717) is 12.1 Å². The lowest BCUT2D eigenvalue weighted by atomic mass is 10.1. The van der Waals surface area contributed by atoms with Crippen molar-refractivity contribution in [3.8, 4) is 0 Å². The van der Waals surface area contributed by atoms with E-state index in [1.54, 1.807) is 20.9 Å². The van der Waals surface area contributed by atoms with E-state index < -0.39 is 0 Å². The fourth-order valence-corrected chi connectivity index (χ4v) is 4.22. The predicted octanol–water partition coefficient (Wildman–Crippen LogP) is 3.68. The van der Waals surface area contributed by atoms with Gasteiger partial charge in [-0.1, -0.05) is 0 Å². The van der Waals surface area contributed by atoms with E-state index in [1.165, 1.54) is 0 Å². The molecule has 0 aliphatic heterocycles. The third-order valence-corrected chi connectivity index (χ3v) is 5.30. The van der Waals surface area contributed by atoms with Crippen LogP contribution in [0.5, 0.6) is 0 Å². The molecule has 5 nitrogen and oxygen atoms in total. The van der Waals surface area contributed by atoms with Crippen LogP contribution in [0, 0.1) is 13.8 Å². The van der Waals surface area contributed by atoms with Crippen LogP contribution in [0.25, 0.3) is 11.0 Å². The van der Waals surface area contributed by atoms with Gasteiger partial charge in [0.1, 0.15) is 0 Å². The van der Waals surface area contributed by atoms with Gasteiger partial charge in [-0.25, -0.2) is 4.98 Å². The van der Waals surface area contributed by atoms with Gasteiger partial charge in [0.25, 0.3) is 5.91 Å². The van der Waals surface area contributed by atoms with Crippen LogP contribution in [-0.4, -0.2) is 32.6 Å². The van der Waals surface area contributed by atoms with Crippen molar-refractivity contribution in [1.29, 1.82) is 0 Å². The Labute approximate surface area is 147 Å². The topological polar surface area (TPSA) is 51.0 Å². The summed E-state index contributed by atoms with van der Waals surface area (Å²) in [6.45, 7) is 4.39. The number of rotatable bonds is 3. The first kappa shape index (κ1) is 16.1. The van der Waals surface area contributed by atoms with Crippen LogP contribution >= 0.6 is 27.3 Å². The summed E-state index contributed by atoms with van der Waals surface area (Å²) in [6.07, 6.45) is 0. The second kappa shape index (κ2) is 6.05. The van der Waals surface area contributed by atoms with Crippen molar-refractivity contribution in [3.05, 3.63) is 43.8 Å². The molecule has 0 N–H and O–H groups in total. The average Bonchev–Trinajstić information content (AvgIpc) is 3.01.